The minimum atomic E-state index is -0.488. The van der Waals surface area contributed by atoms with Crippen molar-refractivity contribution in [1.29, 1.82) is 0 Å². The number of carbonyl (C=O) groups excluding carboxylic acids is 2. The van der Waals surface area contributed by atoms with Gasteiger partial charge in [-0.3, -0.25) is 9.59 Å². The standard InChI is InChI=1S/C18H18BrN3O5/c1-26-15-6-4-12(8-16(15)27-2)18(25)20-10-17(24)22-21-9-11-3-5-14(23)13(19)7-11/h3-9,23H,10H2,1-2H3,(H,20,25)(H,22,24)/b21-9+. The van der Waals surface area contributed by atoms with Crippen molar-refractivity contribution in [3.63, 3.8) is 0 Å². The van der Waals surface area contributed by atoms with Crippen LogP contribution >= 0.6 is 15.9 Å². The predicted octanol–water partition coefficient (Wildman–Crippen LogP) is 2.05. The third-order valence-electron chi connectivity index (χ3n) is 3.43. The van der Waals surface area contributed by atoms with E-state index in [0.29, 0.717) is 27.1 Å². The van der Waals surface area contributed by atoms with E-state index in [4.69, 9.17) is 9.47 Å². The van der Waals surface area contributed by atoms with E-state index in [9.17, 15) is 14.7 Å². The van der Waals surface area contributed by atoms with Crippen molar-refractivity contribution in [3.8, 4) is 17.2 Å². The molecule has 0 unspecified atom stereocenters. The lowest BCUT2D eigenvalue weighted by atomic mass is 10.2. The topological polar surface area (TPSA) is 109 Å². The van der Waals surface area contributed by atoms with Crippen LogP contribution in [0.25, 0.3) is 0 Å². The zero-order chi connectivity index (χ0) is 19.8. The highest BCUT2D eigenvalue weighted by Crippen LogP contribution is 2.27. The van der Waals surface area contributed by atoms with Crippen LogP contribution in [0.3, 0.4) is 0 Å². The summed E-state index contributed by atoms with van der Waals surface area (Å²) < 4.78 is 10.8. The highest BCUT2D eigenvalue weighted by Gasteiger charge is 2.11. The Labute approximate surface area is 164 Å². The molecule has 0 saturated carbocycles. The van der Waals surface area contributed by atoms with Crippen molar-refractivity contribution in [2.45, 2.75) is 0 Å². The van der Waals surface area contributed by atoms with Crippen LogP contribution < -0.4 is 20.2 Å². The van der Waals surface area contributed by atoms with Crippen LogP contribution in [0.4, 0.5) is 0 Å². The lowest BCUT2D eigenvalue weighted by Crippen LogP contribution is -2.34. The van der Waals surface area contributed by atoms with E-state index in [0.717, 1.165) is 0 Å². The van der Waals surface area contributed by atoms with Gasteiger partial charge in [0.25, 0.3) is 11.8 Å². The van der Waals surface area contributed by atoms with Crippen molar-refractivity contribution < 1.29 is 24.2 Å². The molecule has 0 aliphatic heterocycles. The largest absolute Gasteiger partial charge is 0.507 e. The fourth-order valence-corrected chi connectivity index (χ4v) is 2.46. The van der Waals surface area contributed by atoms with E-state index in [1.165, 1.54) is 32.6 Å². The zero-order valence-electron chi connectivity index (χ0n) is 14.7. The monoisotopic (exact) mass is 435 g/mol. The molecule has 0 saturated heterocycles. The van der Waals surface area contributed by atoms with Gasteiger partial charge in [0.2, 0.25) is 0 Å². The number of amides is 2. The van der Waals surface area contributed by atoms with E-state index in [2.05, 4.69) is 31.8 Å². The highest BCUT2D eigenvalue weighted by atomic mass is 79.9. The van der Waals surface area contributed by atoms with Crippen LogP contribution in [-0.2, 0) is 4.79 Å². The average molecular weight is 436 g/mol. The molecule has 0 atom stereocenters. The highest BCUT2D eigenvalue weighted by molar-refractivity contribution is 9.10. The number of nitrogens with one attached hydrogen (secondary N) is 2. The lowest BCUT2D eigenvalue weighted by molar-refractivity contribution is -0.120. The first kappa shape index (κ1) is 20.2. The average Bonchev–Trinajstić information content (AvgIpc) is 2.68. The summed E-state index contributed by atoms with van der Waals surface area (Å²) in [5, 5.41) is 15.7. The molecule has 0 spiro atoms. The Hall–Kier alpha value is -3.07. The smallest absolute Gasteiger partial charge is 0.259 e. The number of benzene rings is 2. The van der Waals surface area contributed by atoms with Gasteiger partial charge in [-0.2, -0.15) is 5.10 Å². The summed E-state index contributed by atoms with van der Waals surface area (Å²) in [7, 11) is 2.97. The SMILES string of the molecule is COc1ccc(C(=O)NCC(=O)N/N=C/c2ccc(O)c(Br)c2)cc1OC. The van der Waals surface area contributed by atoms with Crippen molar-refractivity contribution in [2.75, 3.05) is 20.8 Å². The summed E-state index contributed by atoms with van der Waals surface area (Å²) in [5.41, 5.74) is 3.31. The summed E-state index contributed by atoms with van der Waals surface area (Å²) in [4.78, 5) is 23.9. The summed E-state index contributed by atoms with van der Waals surface area (Å²) in [6, 6.07) is 9.46. The Kier molecular flexibility index (Phi) is 7.18. The number of phenols is 1. The van der Waals surface area contributed by atoms with Gasteiger partial charge in [-0.25, -0.2) is 5.43 Å². The number of ether oxygens (including phenoxy) is 2. The fourth-order valence-electron chi connectivity index (χ4n) is 2.06. The van der Waals surface area contributed by atoms with Gasteiger partial charge in [-0.1, -0.05) is 0 Å². The van der Waals surface area contributed by atoms with Gasteiger partial charge in [0.05, 0.1) is 31.5 Å². The molecule has 0 aromatic heterocycles. The quantitative estimate of drug-likeness (QED) is 0.455. The molecular weight excluding hydrogens is 418 g/mol. The third-order valence-corrected chi connectivity index (χ3v) is 4.06. The summed E-state index contributed by atoms with van der Waals surface area (Å²) >= 11 is 3.19. The maximum Gasteiger partial charge on any atom is 0.259 e. The van der Waals surface area contributed by atoms with Gasteiger partial charge in [0, 0.05) is 5.56 Å². The molecule has 2 aromatic rings. The molecule has 2 rings (SSSR count). The van der Waals surface area contributed by atoms with E-state index in [-0.39, 0.29) is 12.3 Å². The van der Waals surface area contributed by atoms with Gasteiger partial charge in [0.15, 0.2) is 11.5 Å². The molecule has 0 heterocycles. The second-order valence-corrected chi connectivity index (χ2v) is 6.11. The summed E-state index contributed by atoms with van der Waals surface area (Å²) in [6.07, 6.45) is 1.41. The number of aromatic hydroxyl groups is 1. The van der Waals surface area contributed by atoms with Crippen LogP contribution in [0.1, 0.15) is 15.9 Å². The molecular formula is C18H18BrN3O5. The Morgan fingerprint density at radius 3 is 2.56 bits per heavy atom. The number of methoxy groups -OCH3 is 2. The lowest BCUT2D eigenvalue weighted by Gasteiger charge is -2.09. The van der Waals surface area contributed by atoms with Gasteiger partial charge in [0.1, 0.15) is 5.75 Å². The van der Waals surface area contributed by atoms with E-state index in [1.54, 1.807) is 24.3 Å². The fraction of sp³-hybridized carbons (Fsp3) is 0.167. The molecule has 9 heteroatoms. The Bertz CT molecular complexity index is 870. The number of nitrogens with zero attached hydrogens (tertiary/aromatic N) is 1. The Morgan fingerprint density at radius 1 is 1.15 bits per heavy atom. The van der Waals surface area contributed by atoms with Crippen molar-refractivity contribution >= 4 is 34.0 Å². The number of hydrogen-bond acceptors (Lipinski definition) is 6. The van der Waals surface area contributed by atoms with Crippen LogP contribution in [0.2, 0.25) is 0 Å². The molecule has 0 aliphatic rings. The van der Waals surface area contributed by atoms with E-state index < -0.39 is 11.8 Å². The number of phenolic OH excluding ortho intramolecular Hbond substituents is 1. The zero-order valence-corrected chi connectivity index (χ0v) is 16.2. The number of carbonyl (C=O) groups is 2. The first-order chi connectivity index (χ1) is 12.9. The molecule has 0 fully saturated rings. The normalized spacial score (nSPS) is 10.5. The van der Waals surface area contributed by atoms with Gasteiger partial charge < -0.3 is 19.9 Å². The summed E-state index contributed by atoms with van der Waals surface area (Å²) in [6.45, 7) is -0.246. The van der Waals surface area contributed by atoms with E-state index >= 15 is 0 Å². The maximum atomic E-state index is 12.1. The molecule has 8 nitrogen and oxygen atoms in total. The number of hydrogen-bond donors (Lipinski definition) is 3. The van der Waals surface area contributed by atoms with Crippen molar-refractivity contribution in [3.05, 3.63) is 52.0 Å². The molecule has 0 aliphatic carbocycles. The Balaban J connectivity index is 1.86. The van der Waals surface area contributed by atoms with Crippen LogP contribution in [-0.4, -0.2) is 43.9 Å². The minimum Gasteiger partial charge on any atom is -0.507 e. The molecule has 27 heavy (non-hydrogen) atoms. The molecule has 3 N–H and O–H groups in total. The number of rotatable bonds is 7. The molecule has 0 bridgehead atoms. The summed E-state index contributed by atoms with van der Waals surface area (Å²) in [5.74, 6) is 0.103. The first-order valence-electron chi connectivity index (χ1n) is 7.75. The molecule has 0 radical (unpaired) electrons. The third kappa shape index (κ3) is 5.71. The number of hydrazone groups is 1. The second-order valence-electron chi connectivity index (χ2n) is 5.26. The van der Waals surface area contributed by atoms with E-state index in [1.807, 2.05) is 0 Å². The number of halogens is 1. The molecule has 2 aromatic carbocycles. The molecule has 2 amide bonds. The van der Waals surface area contributed by atoms with Crippen LogP contribution in [0.5, 0.6) is 17.2 Å². The van der Waals surface area contributed by atoms with Gasteiger partial charge >= 0.3 is 0 Å². The van der Waals surface area contributed by atoms with Gasteiger partial charge in [-0.05, 0) is 57.9 Å². The maximum absolute atomic E-state index is 12.1. The molecule has 142 valence electrons. The van der Waals surface area contributed by atoms with Gasteiger partial charge in [-0.15, -0.1) is 0 Å². The predicted molar refractivity (Wildman–Crippen MR) is 103 cm³/mol. The van der Waals surface area contributed by atoms with Crippen LogP contribution in [0, 0.1) is 0 Å². The second kappa shape index (κ2) is 9.58. The first-order valence-corrected chi connectivity index (χ1v) is 8.54. The minimum absolute atomic E-state index is 0.106. The van der Waals surface area contributed by atoms with Crippen molar-refractivity contribution in [1.82, 2.24) is 10.7 Å². The Morgan fingerprint density at radius 2 is 1.89 bits per heavy atom. The van der Waals surface area contributed by atoms with Crippen molar-refractivity contribution in [2.24, 2.45) is 5.10 Å². The van der Waals surface area contributed by atoms with Crippen LogP contribution in [0.15, 0.2) is 46.0 Å².